The van der Waals surface area contributed by atoms with Crippen molar-refractivity contribution in [2.24, 2.45) is 0 Å². The van der Waals surface area contributed by atoms with Crippen molar-refractivity contribution >= 4 is 17.4 Å². The number of benzene rings is 1. The molecule has 0 aliphatic carbocycles. The van der Waals surface area contributed by atoms with Gasteiger partial charge < -0.3 is 9.73 Å². The van der Waals surface area contributed by atoms with Gasteiger partial charge in [-0.1, -0.05) is 36.4 Å². The van der Waals surface area contributed by atoms with E-state index in [-0.39, 0.29) is 5.91 Å². The Morgan fingerprint density at radius 1 is 1.08 bits per heavy atom. The monoisotopic (exact) mass is 317 g/mol. The van der Waals surface area contributed by atoms with E-state index in [1.54, 1.807) is 13.0 Å². The summed E-state index contributed by atoms with van der Waals surface area (Å²) in [4.78, 5) is 17.3. The van der Waals surface area contributed by atoms with Crippen LogP contribution in [0, 0.1) is 6.92 Å². The first-order valence-electron chi connectivity index (χ1n) is 7.62. The van der Waals surface area contributed by atoms with E-state index in [4.69, 9.17) is 4.42 Å². The van der Waals surface area contributed by atoms with E-state index in [0.717, 1.165) is 16.9 Å². The molecule has 0 saturated carbocycles. The van der Waals surface area contributed by atoms with Crippen molar-refractivity contribution < 1.29 is 9.21 Å². The molecule has 0 spiro atoms. The standard InChI is InChI=1S/C19H15N3O2/c1-13-15(10-12-24-13)19(23)21-18-17(14-7-3-2-4-8-14)20-16-9-5-6-11-22(16)18/h2-12H,1H3,(H,21,23). The van der Waals surface area contributed by atoms with E-state index in [2.05, 4.69) is 10.3 Å². The number of amides is 1. The molecule has 24 heavy (non-hydrogen) atoms. The second-order valence-corrected chi connectivity index (χ2v) is 5.45. The fourth-order valence-corrected chi connectivity index (χ4v) is 2.71. The smallest absolute Gasteiger partial charge is 0.260 e. The summed E-state index contributed by atoms with van der Waals surface area (Å²) in [5.74, 6) is 1.01. The van der Waals surface area contributed by atoms with E-state index >= 15 is 0 Å². The van der Waals surface area contributed by atoms with Crippen LogP contribution in [0.5, 0.6) is 0 Å². The zero-order valence-electron chi connectivity index (χ0n) is 13.1. The van der Waals surface area contributed by atoms with Crippen LogP contribution >= 0.6 is 0 Å². The normalized spacial score (nSPS) is 10.9. The van der Waals surface area contributed by atoms with Crippen LogP contribution in [0.15, 0.2) is 71.5 Å². The van der Waals surface area contributed by atoms with Gasteiger partial charge in [-0.3, -0.25) is 9.20 Å². The lowest BCUT2D eigenvalue weighted by atomic mass is 10.1. The summed E-state index contributed by atoms with van der Waals surface area (Å²) in [6.07, 6.45) is 3.39. The van der Waals surface area contributed by atoms with Gasteiger partial charge in [-0.25, -0.2) is 4.98 Å². The molecule has 5 nitrogen and oxygen atoms in total. The van der Waals surface area contributed by atoms with Crippen molar-refractivity contribution in [3.8, 4) is 11.3 Å². The summed E-state index contributed by atoms with van der Waals surface area (Å²) in [7, 11) is 0. The van der Waals surface area contributed by atoms with Crippen molar-refractivity contribution in [2.75, 3.05) is 5.32 Å². The van der Waals surface area contributed by atoms with Crippen LogP contribution in [-0.4, -0.2) is 15.3 Å². The van der Waals surface area contributed by atoms with E-state index < -0.39 is 0 Å². The predicted molar refractivity (Wildman–Crippen MR) is 92.0 cm³/mol. The maximum absolute atomic E-state index is 12.6. The van der Waals surface area contributed by atoms with Gasteiger partial charge in [-0.2, -0.15) is 0 Å². The highest BCUT2D eigenvalue weighted by atomic mass is 16.3. The number of furan rings is 1. The van der Waals surface area contributed by atoms with Gasteiger partial charge in [0.25, 0.3) is 5.91 Å². The van der Waals surface area contributed by atoms with Gasteiger partial charge in [-0.15, -0.1) is 0 Å². The van der Waals surface area contributed by atoms with Crippen molar-refractivity contribution in [1.29, 1.82) is 0 Å². The highest BCUT2D eigenvalue weighted by Gasteiger charge is 2.18. The second kappa shape index (κ2) is 5.70. The summed E-state index contributed by atoms with van der Waals surface area (Å²) in [6, 6.07) is 17.2. The first-order valence-corrected chi connectivity index (χ1v) is 7.62. The average molecular weight is 317 g/mol. The highest BCUT2D eigenvalue weighted by Crippen LogP contribution is 2.29. The van der Waals surface area contributed by atoms with Gasteiger partial charge in [0, 0.05) is 11.8 Å². The number of hydrogen-bond acceptors (Lipinski definition) is 3. The SMILES string of the molecule is Cc1occc1C(=O)Nc1c(-c2ccccc2)nc2ccccn12. The number of imidazole rings is 1. The van der Waals surface area contributed by atoms with Crippen molar-refractivity contribution in [3.63, 3.8) is 0 Å². The zero-order chi connectivity index (χ0) is 16.5. The Bertz CT molecular complexity index is 1020. The van der Waals surface area contributed by atoms with Gasteiger partial charge in [0.15, 0.2) is 0 Å². The highest BCUT2D eigenvalue weighted by molar-refractivity contribution is 6.06. The number of carbonyl (C=O) groups is 1. The van der Waals surface area contributed by atoms with E-state index in [9.17, 15) is 4.79 Å². The fourth-order valence-electron chi connectivity index (χ4n) is 2.71. The second-order valence-electron chi connectivity index (χ2n) is 5.45. The van der Waals surface area contributed by atoms with Crippen molar-refractivity contribution in [3.05, 3.63) is 78.4 Å². The third-order valence-corrected chi connectivity index (χ3v) is 3.91. The van der Waals surface area contributed by atoms with Crippen LogP contribution in [0.1, 0.15) is 16.1 Å². The minimum Gasteiger partial charge on any atom is -0.469 e. The van der Waals surface area contributed by atoms with Crippen LogP contribution < -0.4 is 5.32 Å². The van der Waals surface area contributed by atoms with Crippen LogP contribution in [0.2, 0.25) is 0 Å². The lowest BCUT2D eigenvalue weighted by molar-refractivity contribution is 0.102. The molecular weight excluding hydrogens is 302 g/mol. The van der Waals surface area contributed by atoms with Gasteiger partial charge in [0.1, 0.15) is 22.9 Å². The number of nitrogens with one attached hydrogen (secondary N) is 1. The third kappa shape index (κ3) is 2.36. The molecule has 3 aromatic heterocycles. The van der Waals surface area contributed by atoms with Crippen molar-refractivity contribution in [2.45, 2.75) is 6.92 Å². The number of pyridine rings is 1. The molecule has 0 fully saturated rings. The molecule has 5 heteroatoms. The first kappa shape index (κ1) is 14.3. The Labute approximate surface area is 138 Å². The fraction of sp³-hybridized carbons (Fsp3) is 0.0526. The number of aryl methyl sites for hydroxylation is 1. The van der Waals surface area contributed by atoms with Gasteiger partial charge in [0.05, 0.1) is 11.8 Å². The molecule has 0 atom stereocenters. The Balaban J connectivity index is 1.84. The Morgan fingerprint density at radius 2 is 1.88 bits per heavy atom. The third-order valence-electron chi connectivity index (χ3n) is 3.91. The summed E-state index contributed by atoms with van der Waals surface area (Å²) < 4.78 is 7.09. The Kier molecular flexibility index (Phi) is 3.39. The zero-order valence-corrected chi connectivity index (χ0v) is 13.1. The number of carbonyl (C=O) groups excluding carboxylic acids is 1. The van der Waals surface area contributed by atoms with Gasteiger partial charge in [0.2, 0.25) is 0 Å². The number of anilines is 1. The number of hydrogen-bond donors (Lipinski definition) is 1. The first-order chi connectivity index (χ1) is 11.7. The van der Waals surface area contributed by atoms with Crippen LogP contribution in [0.4, 0.5) is 5.82 Å². The van der Waals surface area contributed by atoms with Crippen LogP contribution in [0.25, 0.3) is 16.9 Å². The summed E-state index contributed by atoms with van der Waals surface area (Å²) >= 11 is 0. The molecule has 1 aromatic carbocycles. The number of fused-ring (bicyclic) bond motifs is 1. The average Bonchev–Trinajstić information content (AvgIpc) is 3.20. The quantitative estimate of drug-likeness (QED) is 0.617. The lowest BCUT2D eigenvalue weighted by Gasteiger charge is -2.07. The van der Waals surface area contributed by atoms with E-state index in [0.29, 0.717) is 17.1 Å². The summed E-state index contributed by atoms with van der Waals surface area (Å²) in [6.45, 7) is 1.77. The molecular formula is C19H15N3O2. The molecule has 4 rings (SSSR count). The maximum atomic E-state index is 12.6. The molecule has 0 aliphatic rings. The molecule has 0 unspecified atom stereocenters. The minimum absolute atomic E-state index is 0.218. The molecule has 0 saturated heterocycles. The molecule has 1 amide bonds. The molecule has 0 aliphatic heterocycles. The Hall–Kier alpha value is -3.34. The number of nitrogens with zero attached hydrogens (tertiary/aromatic N) is 2. The summed E-state index contributed by atoms with van der Waals surface area (Å²) in [5, 5.41) is 2.98. The minimum atomic E-state index is -0.218. The molecule has 1 N–H and O–H groups in total. The maximum Gasteiger partial charge on any atom is 0.260 e. The number of aromatic nitrogens is 2. The predicted octanol–water partition coefficient (Wildman–Crippen LogP) is 4.16. The van der Waals surface area contributed by atoms with E-state index in [1.807, 2.05) is 59.1 Å². The van der Waals surface area contributed by atoms with Crippen LogP contribution in [0.3, 0.4) is 0 Å². The number of rotatable bonds is 3. The Morgan fingerprint density at radius 3 is 2.62 bits per heavy atom. The molecule has 0 bridgehead atoms. The van der Waals surface area contributed by atoms with E-state index in [1.165, 1.54) is 6.26 Å². The van der Waals surface area contributed by atoms with Crippen molar-refractivity contribution in [1.82, 2.24) is 9.38 Å². The van der Waals surface area contributed by atoms with Gasteiger partial charge in [-0.05, 0) is 25.1 Å². The van der Waals surface area contributed by atoms with Gasteiger partial charge >= 0.3 is 0 Å². The topological polar surface area (TPSA) is 59.5 Å². The van der Waals surface area contributed by atoms with Crippen LogP contribution in [-0.2, 0) is 0 Å². The molecule has 0 radical (unpaired) electrons. The molecule has 4 aromatic rings. The molecule has 118 valence electrons. The lowest BCUT2D eigenvalue weighted by Crippen LogP contribution is -2.14. The summed E-state index contributed by atoms with van der Waals surface area (Å²) in [5.41, 5.74) is 2.96. The largest absolute Gasteiger partial charge is 0.469 e. The molecule has 3 heterocycles.